The number of fused-ring (bicyclic) bond motifs is 1. The average Bonchev–Trinajstić information content (AvgIpc) is 3.22. The Morgan fingerprint density at radius 3 is 2.56 bits per heavy atom. The number of rotatable bonds is 6. The molecule has 8 nitrogen and oxygen atoms in total. The maximum absolute atomic E-state index is 13.2. The van der Waals surface area contributed by atoms with Gasteiger partial charge in [0.25, 0.3) is 5.56 Å². The van der Waals surface area contributed by atoms with Crippen molar-refractivity contribution in [2.75, 3.05) is 11.4 Å². The zero-order valence-electron chi connectivity index (χ0n) is 19.1. The normalized spacial score (nSPS) is 10.9. The Morgan fingerprint density at radius 2 is 1.88 bits per heavy atom. The summed E-state index contributed by atoms with van der Waals surface area (Å²) in [5, 5.41) is 14.3. The monoisotopic (exact) mass is 474 g/mol. The molecule has 0 unspecified atom stereocenters. The van der Waals surface area contributed by atoms with E-state index in [-0.39, 0.29) is 31.0 Å². The standard InChI is InChI=1S/C25H23ClN6O2/c1-16-9-17(2)11-20(10-16)32-24-21(13-29-32)25(34)30(15-28-24)14-23(33)31(8-4-7-27)19-5-6-22(26)18(3)12-19/h5-6,9-13,15H,4,8,14H2,1-3H3. The molecule has 172 valence electrons. The van der Waals surface area contributed by atoms with E-state index in [4.69, 9.17) is 16.9 Å². The third-order valence-corrected chi connectivity index (χ3v) is 5.94. The molecule has 0 radical (unpaired) electrons. The van der Waals surface area contributed by atoms with Crippen LogP contribution in [0.3, 0.4) is 0 Å². The summed E-state index contributed by atoms with van der Waals surface area (Å²) < 4.78 is 2.89. The van der Waals surface area contributed by atoms with Crippen LogP contribution in [-0.2, 0) is 11.3 Å². The molecular formula is C25H23ClN6O2. The largest absolute Gasteiger partial charge is 0.310 e. The molecule has 0 saturated carbocycles. The van der Waals surface area contributed by atoms with Crippen LogP contribution in [0, 0.1) is 32.1 Å². The van der Waals surface area contributed by atoms with Crippen molar-refractivity contribution < 1.29 is 4.79 Å². The van der Waals surface area contributed by atoms with E-state index in [9.17, 15) is 9.59 Å². The van der Waals surface area contributed by atoms with Crippen LogP contribution >= 0.6 is 11.6 Å². The number of aromatic nitrogens is 4. The minimum Gasteiger partial charge on any atom is -0.310 e. The lowest BCUT2D eigenvalue weighted by atomic mass is 10.1. The number of halogens is 1. The van der Waals surface area contributed by atoms with E-state index in [1.54, 1.807) is 22.9 Å². The lowest BCUT2D eigenvalue weighted by Crippen LogP contribution is -2.37. The van der Waals surface area contributed by atoms with Crippen LogP contribution in [-0.4, -0.2) is 31.8 Å². The molecule has 0 N–H and O–H groups in total. The number of hydrogen-bond donors (Lipinski definition) is 0. The number of carbonyl (C=O) groups is 1. The van der Waals surface area contributed by atoms with Crippen LogP contribution in [0.1, 0.15) is 23.1 Å². The number of hydrogen-bond acceptors (Lipinski definition) is 5. The fourth-order valence-corrected chi connectivity index (χ4v) is 4.03. The molecular weight excluding hydrogens is 452 g/mol. The second-order valence-electron chi connectivity index (χ2n) is 8.20. The minimum atomic E-state index is -0.360. The predicted molar refractivity (Wildman–Crippen MR) is 131 cm³/mol. The molecule has 2 heterocycles. The van der Waals surface area contributed by atoms with Gasteiger partial charge in [-0.2, -0.15) is 10.4 Å². The summed E-state index contributed by atoms with van der Waals surface area (Å²) in [5.74, 6) is -0.332. The Hall–Kier alpha value is -3.96. The highest BCUT2D eigenvalue weighted by molar-refractivity contribution is 6.31. The van der Waals surface area contributed by atoms with E-state index >= 15 is 0 Å². The highest BCUT2D eigenvalue weighted by Gasteiger charge is 2.19. The van der Waals surface area contributed by atoms with Gasteiger partial charge < -0.3 is 4.90 Å². The summed E-state index contributed by atoms with van der Waals surface area (Å²) in [5.41, 5.74) is 4.46. The van der Waals surface area contributed by atoms with Crippen molar-refractivity contribution in [3.8, 4) is 11.8 Å². The van der Waals surface area contributed by atoms with Gasteiger partial charge in [0.2, 0.25) is 5.91 Å². The summed E-state index contributed by atoms with van der Waals surface area (Å²) in [6.45, 7) is 5.81. The summed E-state index contributed by atoms with van der Waals surface area (Å²) in [7, 11) is 0. The highest BCUT2D eigenvalue weighted by Crippen LogP contribution is 2.23. The second kappa shape index (κ2) is 9.49. The van der Waals surface area contributed by atoms with Crippen LogP contribution in [0.2, 0.25) is 5.02 Å². The van der Waals surface area contributed by atoms with Gasteiger partial charge in [0.1, 0.15) is 18.3 Å². The number of anilines is 1. The zero-order chi connectivity index (χ0) is 24.4. The first kappa shape index (κ1) is 23.2. The van der Waals surface area contributed by atoms with Crippen molar-refractivity contribution in [3.63, 3.8) is 0 Å². The molecule has 0 fully saturated rings. The number of aryl methyl sites for hydroxylation is 3. The van der Waals surface area contributed by atoms with Crippen molar-refractivity contribution in [2.45, 2.75) is 33.7 Å². The van der Waals surface area contributed by atoms with E-state index in [0.29, 0.717) is 21.7 Å². The molecule has 2 aromatic carbocycles. The van der Waals surface area contributed by atoms with Crippen LogP contribution < -0.4 is 10.5 Å². The minimum absolute atomic E-state index is 0.155. The van der Waals surface area contributed by atoms with E-state index < -0.39 is 0 Å². The van der Waals surface area contributed by atoms with Crippen LogP contribution in [0.25, 0.3) is 16.7 Å². The summed E-state index contributed by atoms with van der Waals surface area (Å²) in [4.78, 5) is 32.2. The number of nitriles is 1. The summed E-state index contributed by atoms with van der Waals surface area (Å²) in [6.07, 6.45) is 2.99. The van der Waals surface area contributed by atoms with Gasteiger partial charge in [0.15, 0.2) is 5.65 Å². The van der Waals surface area contributed by atoms with Gasteiger partial charge in [-0.05, 0) is 67.8 Å². The topological polar surface area (TPSA) is 96.8 Å². The predicted octanol–water partition coefficient (Wildman–Crippen LogP) is 4.11. The summed E-state index contributed by atoms with van der Waals surface area (Å²) in [6, 6.07) is 13.3. The smallest absolute Gasteiger partial charge is 0.264 e. The van der Waals surface area contributed by atoms with Crippen molar-refractivity contribution in [3.05, 3.63) is 81.0 Å². The molecule has 9 heteroatoms. The fraction of sp³-hybridized carbons (Fsp3) is 0.240. The maximum atomic E-state index is 13.2. The van der Waals surface area contributed by atoms with E-state index in [1.165, 1.54) is 22.0 Å². The van der Waals surface area contributed by atoms with E-state index in [0.717, 1.165) is 22.4 Å². The first-order valence-corrected chi connectivity index (χ1v) is 11.1. The Morgan fingerprint density at radius 1 is 1.15 bits per heavy atom. The van der Waals surface area contributed by atoms with Crippen molar-refractivity contribution in [1.29, 1.82) is 5.26 Å². The van der Waals surface area contributed by atoms with E-state index in [2.05, 4.69) is 22.2 Å². The van der Waals surface area contributed by atoms with Gasteiger partial charge in [-0.1, -0.05) is 17.7 Å². The molecule has 0 aliphatic carbocycles. The van der Waals surface area contributed by atoms with Crippen LogP contribution in [0.15, 0.2) is 53.7 Å². The zero-order valence-corrected chi connectivity index (χ0v) is 19.9. The first-order valence-electron chi connectivity index (χ1n) is 10.7. The highest BCUT2D eigenvalue weighted by atomic mass is 35.5. The van der Waals surface area contributed by atoms with Gasteiger partial charge in [0, 0.05) is 17.3 Å². The Bertz CT molecular complexity index is 1480. The van der Waals surface area contributed by atoms with Gasteiger partial charge in [-0.3, -0.25) is 14.2 Å². The van der Waals surface area contributed by atoms with Gasteiger partial charge in [-0.15, -0.1) is 0 Å². The third-order valence-electron chi connectivity index (χ3n) is 5.51. The van der Waals surface area contributed by atoms with Crippen molar-refractivity contribution in [2.24, 2.45) is 0 Å². The van der Waals surface area contributed by atoms with Crippen LogP contribution in [0.4, 0.5) is 5.69 Å². The average molecular weight is 475 g/mol. The summed E-state index contributed by atoms with van der Waals surface area (Å²) >= 11 is 6.12. The van der Waals surface area contributed by atoms with Gasteiger partial charge >= 0.3 is 0 Å². The quantitative estimate of drug-likeness (QED) is 0.419. The molecule has 0 aliphatic heterocycles. The first-order chi connectivity index (χ1) is 16.3. The Balaban J connectivity index is 1.67. The molecule has 2 aromatic heterocycles. The van der Waals surface area contributed by atoms with Gasteiger partial charge in [0.05, 0.1) is 24.4 Å². The van der Waals surface area contributed by atoms with Crippen LogP contribution in [0.5, 0.6) is 0 Å². The number of carbonyl (C=O) groups excluding carboxylic acids is 1. The molecule has 34 heavy (non-hydrogen) atoms. The molecule has 0 bridgehead atoms. The second-order valence-corrected chi connectivity index (χ2v) is 8.61. The number of nitrogens with zero attached hydrogens (tertiary/aromatic N) is 6. The SMILES string of the molecule is Cc1cc(C)cc(-n2ncc3c(=O)n(CC(=O)N(CCC#N)c4ccc(Cl)c(C)c4)cnc32)c1. The molecule has 0 spiro atoms. The third kappa shape index (κ3) is 4.56. The number of benzene rings is 2. The maximum Gasteiger partial charge on any atom is 0.264 e. The lowest BCUT2D eigenvalue weighted by Gasteiger charge is -2.23. The lowest BCUT2D eigenvalue weighted by molar-refractivity contribution is -0.119. The molecule has 4 aromatic rings. The van der Waals surface area contributed by atoms with E-state index in [1.807, 2.05) is 32.9 Å². The number of amides is 1. The van der Waals surface area contributed by atoms with Crippen molar-refractivity contribution >= 4 is 34.2 Å². The fourth-order valence-electron chi connectivity index (χ4n) is 3.91. The molecule has 0 aliphatic rings. The Labute approximate surface area is 201 Å². The molecule has 0 saturated heterocycles. The van der Waals surface area contributed by atoms with Crippen molar-refractivity contribution in [1.82, 2.24) is 19.3 Å². The Kier molecular flexibility index (Phi) is 6.48. The molecule has 4 rings (SSSR count). The molecule has 0 atom stereocenters. The molecule has 1 amide bonds. The van der Waals surface area contributed by atoms with Gasteiger partial charge in [-0.25, -0.2) is 9.67 Å².